The summed E-state index contributed by atoms with van der Waals surface area (Å²) in [4.78, 5) is 37.0. The number of rotatable bonds is 4. The Bertz CT molecular complexity index is 610. The maximum atomic E-state index is 12.0. The van der Waals surface area contributed by atoms with Crippen molar-refractivity contribution in [3.8, 4) is 0 Å². The Morgan fingerprint density at radius 2 is 2.10 bits per heavy atom. The van der Waals surface area contributed by atoms with Gasteiger partial charge in [0.15, 0.2) is 0 Å². The molecule has 1 aliphatic carbocycles. The van der Waals surface area contributed by atoms with Gasteiger partial charge in [-0.2, -0.15) is 0 Å². The van der Waals surface area contributed by atoms with E-state index >= 15 is 0 Å². The molecule has 0 spiro atoms. The highest BCUT2D eigenvalue weighted by Gasteiger charge is 2.38. The molecule has 0 aromatic heterocycles. The Kier molecular flexibility index (Phi) is 3.33. The summed E-state index contributed by atoms with van der Waals surface area (Å²) in [5.41, 5.74) is 0.837. The first-order chi connectivity index (χ1) is 9.58. The van der Waals surface area contributed by atoms with Gasteiger partial charge in [-0.05, 0) is 46.8 Å². The van der Waals surface area contributed by atoms with Crippen LogP contribution >= 0.6 is 15.9 Å². The van der Waals surface area contributed by atoms with E-state index in [2.05, 4.69) is 21.2 Å². The van der Waals surface area contributed by atoms with Crippen LogP contribution in [0.1, 0.15) is 23.2 Å². The molecule has 3 rings (SSSR count). The molecule has 0 atom stereocenters. The summed E-state index contributed by atoms with van der Waals surface area (Å²) in [5, 5.41) is 2.80. The predicted octanol–water partition coefficient (Wildman–Crippen LogP) is 1.50. The molecule has 2 amide bonds. The Balaban J connectivity index is 1.76. The topological polar surface area (TPSA) is 66.5 Å². The highest BCUT2D eigenvalue weighted by Crippen LogP contribution is 2.34. The van der Waals surface area contributed by atoms with Crippen molar-refractivity contribution in [1.29, 1.82) is 0 Å². The fourth-order valence-corrected chi connectivity index (χ4v) is 2.77. The number of nitrogens with zero attached hydrogens (tertiary/aromatic N) is 1. The van der Waals surface area contributed by atoms with E-state index in [1.165, 1.54) is 4.90 Å². The number of ketones is 1. The SMILES string of the molecule is O=C(CN1C(=O)C(=O)c2c(Br)cccc21)NCC1CC1. The largest absolute Gasteiger partial charge is 0.354 e. The Morgan fingerprint density at radius 1 is 1.35 bits per heavy atom. The molecule has 1 heterocycles. The molecule has 0 bridgehead atoms. The number of benzene rings is 1. The standard InChI is InChI=1S/C14H13BrN2O3/c15-9-2-1-3-10-12(9)13(19)14(20)17(10)7-11(18)16-6-8-4-5-8/h1-3,8H,4-7H2,(H,16,18). The van der Waals surface area contributed by atoms with Crippen molar-refractivity contribution in [3.05, 3.63) is 28.2 Å². The first-order valence-electron chi connectivity index (χ1n) is 6.49. The number of anilines is 1. The molecular formula is C14H13BrN2O3. The van der Waals surface area contributed by atoms with Crippen LogP contribution in [0, 0.1) is 5.92 Å². The molecule has 104 valence electrons. The van der Waals surface area contributed by atoms with E-state index in [-0.39, 0.29) is 12.5 Å². The molecule has 1 aromatic carbocycles. The van der Waals surface area contributed by atoms with Crippen molar-refractivity contribution < 1.29 is 14.4 Å². The average Bonchev–Trinajstić information content (AvgIpc) is 3.21. The molecule has 1 fully saturated rings. The predicted molar refractivity (Wildman–Crippen MR) is 76.6 cm³/mol. The van der Waals surface area contributed by atoms with E-state index < -0.39 is 11.7 Å². The summed E-state index contributed by atoms with van der Waals surface area (Å²) in [6.45, 7) is 0.543. The number of fused-ring (bicyclic) bond motifs is 1. The lowest BCUT2D eigenvalue weighted by atomic mass is 10.1. The smallest absolute Gasteiger partial charge is 0.299 e. The van der Waals surface area contributed by atoms with Crippen molar-refractivity contribution >= 4 is 39.2 Å². The second-order valence-electron chi connectivity index (χ2n) is 5.10. The van der Waals surface area contributed by atoms with Crippen LogP contribution in [-0.4, -0.2) is 30.7 Å². The molecule has 1 aliphatic heterocycles. The van der Waals surface area contributed by atoms with Gasteiger partial charge in [-0.3, -0.25) is 19.3 Å². The minimum atomic E-state index is -0.645. The lowest BCUT2D eigenvalue weighted by molar-refractivity contribution is -0.122. The quantitative estimate of drug-likeness (QED) is 0.847. The number of carbonyl (C=O) groups excluding carboxylic acids is 3. The Labute approximate surface area is 124 Å². The number of Topliss-reactive ketones (excluding diaryl/α,β-unsaturated/α-hetero) is 1. The number of hydrogen-bond acceptors (Lipinski definition) is 3. The van der Waals surface area contributed by atoms with Gasteiger partial charge in [0.25, 0.3) is 11.7 Å². The molecule has 20 heavy (non-hydrogen) atoms. The third kappa shape index (κ3) is 2.35. The molecule has 0 saturated heterocycles. The van der Waals surface area contributed by atoms with Gasteiger partial charge in [0.2, 0.25) is 5.91 Å². The fourth-order valence-electron chi connectivity index (χ4n) is 2.24. The molecular weight excluding hydrogens is 324 g/mol. The minimum Gasteiger partial charge on any atom is -0.354 e. The van der Waals surface area contributed by atoms with Gasteiger partial charge in [-0.25, -0.2) is 0 Å². The van der Waals surface area contributed by atoms with Crippen molar-refractivity contribution in [1.82, 2.24) is 5.32 Å². The third-order valence-electron chi connectivity index (χ3n) is 3.54. The maximum absolute atomic E-state index is 12.0. The van der Waals surface area contributed by atoms with E-state index in [9.17, 15) is 14.4 Å². The normalized spacial score (nSPS) is 17.4. The first-order valence-corrected chi connectivity index (χ1v) is 7.28. The zero-order valence-corrected chi connectivity index (χ0v) is 12.3. The lowest BCUT2D eigenvalue weighted by Crippen LogP contribution is -2.40. The summed E-state index contributed by atoms with van der Waals surface area (Å²) in [5.74, 6) is -0.863. The van der Waals surface area contributed by atoms with Gasteiger partial charge in [0.1, 0.15) is 6.54 Å². The van der Waals surface area contributed by atoms with Gasteiger partial charge in [-0.1, -0.05) is 6.07 Å². The zero-order chi connectivity index (χ0) is 14.3. The van der Waals surface area contributed by atoms with Crippen LogP contribution in [0.25, 0.3) is 0 Å². The van der Waals surface area contributed by atoms with Crippen LogP contribution in [0.5, 0.6) is 0 Å². The molecule has 2 aliphatic rings. The van der Waals surface area contributed by atoms with Crippen LogP contribution < -0.4 is 10.2 Å². The van der Waals surface area contributed by atoms with E-state index in [0.29, 0.717) is 28.2 Å². The van der Waals surface area contributed by atoms with Gasteiger partial charge >= 0.3 is 0 Å². The minimum absolute atomic E-state index is 0.110. The summed E-state index contributed by atoms with van der Waals surface area (Å²) in [7, 11) is 0. The number of hydrogen-bond donors (Lipinski definition) is 1. The van der Waals surface area contributed by atoms with E-state index in [1.807, 2.05) is 0 Å². The van der Waals surface area contributed by atoms with Gasteiger partial charge in [0.05, 0.1) is 11.3 Å². The zero-order valence-electron chi connectivity index (χ0n) is 10.7. The highest BCUT2D eigenvalue weighted by atomic mass is 79.9. The van der Waals surface area contributed by atoms with Crippen molar-refractivity contribution in [2.75, 3.05) is 18.0 Å². The second kappa shape index (κ2) is 5.01. The molecule has 0 radical (unpaired) electrons. The van der Waals surface area contributed by atoms with Gasteiger partial charge in [-0.15, -0.1) is 0 Å². The highest BCUT2D eigenvalue weighted by molar-refractivity contribution is 9.10. The number of halogens is 1. The van der Waals surface area contributed by atoms with Crippen molar-refractivity contribution in [2.45, 2.75) is 12.8 Å². The maximum Gasteiger partial charge on any atom is 0.299 e. The molecule has 5 nitrogen and oxygen atoms in total. The Hall–Kier alpha value is -1.69. The number of nitrogens with one attached hydrogen (secondary N) is 1. The van der Waals surface area contributed by atoms with Crippen molar-refractivity contribution in [3.63, 3.8) is 0 Å². The van der Waals surface area contributed by atoms with Gasteiger partial charge < -0.3 is 5.32 Å². The van der Waals surface area contributed by atoms with Gasteiger partial charge in [0, 0.05) is 11.0 Å². The van der Waals surface area contributed by atoms with E-state index in [4.69, 9.17) is 0 Å². The Morgan fingerprint density at radius 3 is 2.80 bits per heavy atom. The van der Waals surface area contributed by atoms with Crippen molar-refractivity contribution in [2.24, 2.45) is 5.92 Å². The lowest BCUT2D eigenvalue weighted by Gasteiger charge is -2.16. The van der Waals surface area contributed by atoms with Crippen LogP contribution in [-0.2, 0) is 9.59 Å². The third-order valence-corrected chi connectivity index (χ3v) is 4.20. The van der Waals surface area contributed by atoms with Crippen LogP contribution in [0.4, 0.5) is 5.69 Å². The van der Waals surface area contributed by atoms with Crippen LogP contribution in [0.15, 0.2) is 22.7 Å². The summed E-state index contributed by atoms with van der Waals surface area (Å²) >= 11 is 3.27. The number of carbonyl (C=O) groups is 3. The van der Waals surface area contributed by atoms with Crippen LogP contribution in [0.3, 0.4) is 0 Å². The molecule has 1 saturated carbocycles. The van der Waals surface area contributed by atoms with E-state index in [0.717, 1.165) is 12.8 Å². The molecule has 6 heteroatoms. The monoisotopic (exact) mass is 336 g/mol. The summed E-state index contributed by atoms with van der Waals surface area (Å²) < 4.78 is 0.578. The second-order valence-corrected chi connectivity index (χ2v) is 5.96. The average molecular weight is 337 g/mol. The van der Waals surface area contributed by atoms with Crippen LogP contribution in [0.2, 0.25) is 0 Å². The molecule has 0 unspecified atom stereocenters. The number of amides is 2. The summed E-state index contributed by atoms with van der Waals surface area (Å²) in [6, 6.07) is 5.13. The van der Waals surface area contributed by atoms with E-state index in [1.54, 1.807) is 18.2 Å². The fraction of sp³-hybridized carbons (Fsp3) is 0.357. The molecule has 1 N–H and O–H groups in total. The molecule has 1 aromatic rings. The summed E-state index contributed by atoms with van der Waals surface area (Å²) in [6.07, 6.45) is 2.30. The first kappa shape index (κ1) is 13.3.